The van der Waals surface area contributed by atoms with Crippen LogP contribution in [-0.2, 0) is 14.8 Å². The lowest BCUT2D eigenvalue weighted by molar-refractivity contribution is -0.0440. The number of furan rings is 1. The lowest BCUT2D eigenvalue weighted by Gasteiger charge is -2.34. The molecule has 10 nitrogen and oxygen atoms in total. The Morgan fingerprint density at radius 1 is 1.10 bits per heavy atom. The molecule has 0 aliphatic carbocycles. The van der Waals surface area contributed by atoms with Crippen LogP contribution in [-0.4, -0.2) is 54.1 Å². The lowest BCUT2D eigenvalue weighted by atomic mass is 10.2. The largest absolute Gasteiger partial charge is 0.459 e. The molecule has 30 heavy (non-hydrogen) atoms. The number of hydrogen-bond acceptors (Lipinski definition) is 8. The Morgan fingerprint density at radius 3 is 2.43 bits per heavy atom. The molecule has 11 heteroatoms. The number of benzene rings is 1. The van der Waals surface area contributed by atoms with Gasteiger partial charge in [0.15, 0.2) is 5.76 Å². The molecule has 0 bridgehead atoms. The van der Waals surface area contributed by atoms with Crippen molar-refractivity contribution >= 4 is 21.9 Å². The first-order valence-electron chi connectivity index (χ1n) is 9.27. The second kappa shape index (κ2) is 8.01. The van der Waals surface area contributed by atoms with Gasteiger partial charge in [0.25, 0.3) is 11.8 Å². The van der Waals surface area contributed by atoms with E-state index in [1.165, 1.54) is 34.8 Å². The minimum Gasteiger partial charge on any atom is -0.459 e. The predicted octanol–water partition coefficient (Wildman–Crippen LogP) is 2.38. The summed E-state index contributed by atoms with van der Waals surface area (Å²) in [5, 5.41) is 10.0. The van der Waals surface area contributed by atoms with Crippen molar-refractivity contribution in [1.29, 1.82) is 0 Å². The van der Waals surface area contributed by atoms with Crippen LogP contribution in [0.25, 0.3) is 11.7 Å². The van der Waals surface area contributed by atoms with Crippen molar-refractivity contribution in [2.45, 2.75) is 31.0 Å². The van der Waals surface area contributed by atoms with E-state index in [2.05, 4.69) is 15.5 Å². The number of carbonyl (C=O) groups excluding carboxylic acids is 1. The third-order valence-corrected chi connectivity index (χ3v) is 6.36. The topological polar surface area (TPSA) is 128 Å². The Bertz CT molecular complexity index is 1110. The fourth-order valence-corrected chi connectivity index (χ4v) is 4.79. The van der Waals surface area contributed by atoms with Gasteiger partial charge >= 0.3 is 6.01 Å². The molecule has 3 aromatic rings. The highest BCUT2D eigenvalue weighted by Crippen LogP contribution is 2.23. The highest BCUT2D eigenvalue weighted by Gasteiger charge is 2.32. The van der Waals surface area contributed by atoms with Crippen molar-refractivity contribution in [1.82, 2.24) is 14.5 Å². The van der Waals surface area contributed by atoms with E-state index in [4.69, 9.17) is 13.6 Å². The molecule has 1 amide bonds. The highest BCUT2D eigenvalue weighted by atomic mass is 32.2. The van der Waals surface area contributed by atoms with Crippen LogP contribution in [0.4, 0.5) is 6.01 Å². The van der Waals surface area contributed by atoms with Gasteiger partial charge in [-0.2, -0.15) is 4.31 Å². The number of aromatic nitrogens is 2. The number of morpholine rings is 1. The van der Waals surface area contributed by atoms with E-state index in [0.29, 0.717) is 5.76 Å². The Morgan fingerprint density at radius 2 is 1.80 bits per heavy atom. The van der Waals surface area contributed by atoms with Crippen LogP contribution in [0.1, 0.15) is 24.2 Å². The zero-order valence-corrected chi connectivity index (χ0v) is 17.1. The van der Waals surface area contributed by atoms with Crippen LogP contribution < -0.4 is 5.32 Å². The fraction of sp³-hybridized carbons (Fsp3) is 0.316. The van der Waals surface area contributed by atoms with Gasteiger partial charge in [0, 0.05) is 18.7 Å². The van der Waals surface area contributed by atoms with Crippen molar-refractivity contribution in [2.24, 2.45) is 0 Å². The minimum atomic E-state index is -3.68. The molecule has 2 aromatic heterocycles. The van der Waals surface area contributed by atoms with E-state index in [1.807, 2.05) is 13.8 Å². The SMILES string of the molecule is C[C@@H]1CN(S(=O)(=O)c2ccc(C(=O)Nc3nnc(-c4ccco4)o3)cc2)C[C@@H](C)O1. The Labute approximate surface area is 172 Å². The first kappa shape index (κ1) is 20.3. The van der Waals surface area contributed by atoms with Crippen molar-refractivity contribution in [2.75, 3.05) is 18.4 Å². The molecule has 158 valence electrons. The van der Waals surface area contributed by atoms with Crippen LogP contribution in [0.2, 0.25) is 0 Å². The van der Waals surface area contributed by atoms with Gasteiger partial charge in [-0.15, -0.1) is 5.10 Å². The second-order valence-electron chi connectivity index (χ2n) is 6.95. The molecule has 0 spiro atoms. The lowest BCUT2D eigenvalue weighted by Crippen LogP contribution is -2.48. The normalized spacial score (nSPS) is 20.2. The Kier molecular flexibility index (Phi) is 5.41. The van der Waals surface area contributed by atoms with Crippen LogP contribution >= 0.6 is 0 Å². The number of nitrogens with zero attached hydrogens (tertiary/aromatic N) is 3. The standard InChI is InChI=1S/C19H20N4O6S/c1-12-10-23(11-13(2)28-12)30(25,26)15-7-5-14(6-8-15)17(24)20-19-22-21-18(29-19)16-4-3-9-27-16/h3-9,12-13H,10-11H2,1-2H3,(H,20,22,24)/t12-,13-/m1/s1. The summed E-state index contributed by atoms with van der Waals surface area (Å²) in [6.07, 6.45) is 1.09. The first-order chi connectivity index (χ1) is 14.3. The summed E-state index contributed by atoms with van der Waals surface area (Å²) < 4.78 is 43.3. The molecule has 2 atom stereocenters. The number of nitrogens with one attached hydrogen (secondary N) is 1. The van der Waals surface area contributed by atoms with Crippen LogP contribution in [0, 0.1) is 0 Å². The van der Waals surface area contributed by atoms with E-state index in [0.717, 1.165) is 0 Å². The quantitative estimate of drug-likeness (QED) is 0.651. The fourth-order valence-electron chi connectivity index (χ4n) is 3.20. The number of hydrogen-bond donors (Lipinski definition) is 1. The first-order valence-corrected chi connectivity index (χ1v) is 10.7. The molecule has 3 heterocycles. The third kappa shape index (κ3) is 4.13. The maximum Gasteiger partial charge on any atom is 0.322 e. The number of carbonyl (C=O) groups is 1. The molecule has 0 radical (unpaired) electrons. The summed E-state index contributed by atoms with van der Waals surface area (Å²) in [4.78, 5) is 12.5. The predicted molar refractivity (Wildman–Crippen MR) is 105 cm³/mol. The number of sulfonamides is 1. The summed E-state index contributed by atoms with van der Waals surface area (Å²) in [5.41, 5.74) is 0.246. The van der Waals surface area contributed by atoms with Crippen LogP contribution in [0.5, 0.6) is 0 Å². The molecule has 4 rings (SSSR count). The van der Waals surface area contributed by atoms with Crippen molar-refractivity contribution in [3.05, 3.63) is 48.2 Å². The zero-order chi connectivity index (χ0) is 21.3. The van der Waals surface area contributed by atoms with Gasteiger partial charge in [-0.05, 0) is 50.2 Å². The summed E-state index contributed by atoms with van der Waals surface area (Å²) in [5.74, 6) is -0.00257. The molecule has 1 N–H and O–H groups in total. The van der Waals surface area contributed by atoms with Gasteiger partial charge in [-0.1, -0.05) is 5.10 Å². The number of anilines is 1. The molecule has 1 aliphatic heterocycles. The van der Waals surface area contributed by atoms with Gasteiger partial charge < -0.3 is 13.6 Å². The zero-order valence-electron chi connectivity index (χ0n) is 16.3. The van der Waals surface area contributed by atoms with E-state index < -0.39 is 15.9 Å². The van der Waals surface area contributed by atoms with Crippen LogP contribution in [0.3, 0.4) is 0 Å². The molecule has 1 aliphatic rings. The average Bonchev–Trinajstić information content (AvgIpc) is 3.39. The van der Waals surface area contributed by atoms with E-state index in [-0.39, 0.29) is 47.7 Å². The second-order valence-corrected chi connectivity index (χ2v) is 8.89. The van der Waals surface area contributed by atoms with Crippen molar-refractivity contribution in [3.63, 3.8) is 0 Å². The summed E-state index contributed by atoms with van der Waals surface area (Å²) in [6, 6.07) is 8.88. The third-order valence-electron chi connectivity index (χ3n) is 4.52. The molecule has 1 saturated heterocycles. The molecule has 0 saturated carbocycles. The Balaban J connectivity index is 1.46. The van der Waals surface area contributed by atoms with E-state index in [1.54, 1.807) is 12.1 Å². The van der Waals surface area contributed by atoms with E-state index >= 15 is 0 Å². The van der Waals surface area contributed by atoms with Gasteiger partial charge in [-0.25, -0.2) is 8.42 Å². The minimum absolute atomic E-state index is 0.0978. The van der Waals surface area contributed by atoms with Gasteiger partial charge in [-0.3, -0.25) is 10.1 Å². The molecule has 1 aromatic carbocycles. The van der Waals surface area contributed by atoms with Gasteiger partial charge in [0.1, 0.15) is 0 Å². The molecular formula is C19H20N4O6S. The molecule has 1 fully saturated rings. The summed E-state index contributed by atoms with van der Waals surface area (Å²) in [7, 11) is -3.68. The van der Waals surface area contributed by atoms with E-state index in [9.17, 15) is 13.2 Å². The highest BCUT2D eigenvalue weighted by molar-refractivity contribution is 7.89. The Hall–Kier alpha value is -3.02. The number of rotatable bonds is 5. The van der Waals surface area contributed by atoms with Crippen molar-refractivity contribution < 1.29 is 26.8 Å². The van der Waals surface area contributed by atoms with Gasteiger partial charge in [0.2, 0.25) is 10.0 Å². The number of ether oxygens (including phenoxy) is 1. The van der Waals surface area contributed by atoms with Crippen molar-refractivity contribution in [3.8, 4) is 11.7 Å². The number of amides is 1. The summed E-state index contributed by atoms with van der Waals surface area (Å²) in [6.45, 7) is 4.23. The van der Waals surface area contributed by atoms with Gasteiger partial charge in [0.05, 0.1) is 23.4 Å². The average molecular weight is 432 g/mol. The molecular weight excluding hydrogens is 412 g/mol. The molecule has 0 unspecified atom stereocenters. The smallest absolute Gasteiger partial charge is 0.322 e. The summed E-state index contributed by atoms with van der Waals surface area (Å²) >= 11 is 0. The maximum atomic E-state index is 12.9. The maximum absolute atomic E-state index is 12.9. The monoisotopic (exact) mass is 432 g/mol. The van der Waals surface area contributed by atoms with Crippen LogP contribution in [0.15, 0.2) is 56.4 Å².